The third-order valence-electron chi connectivity index (χ3n) is 3.93. The van der Waals surface area contributed by atoms with Crippen molar-refractivity contribution < 1.29 is 8.78 Å². The molecular formula is C16H17F2N3. The third kappa shape index (κ3) is 3.24. The average molecular weight is 289 g/mol. The lowest BCUT2D eigenvalue weighted by Crippen LogP contribution is -2.33. The minimum absolute atomic E-state index is 0.217. The molecule has 1 fully saturated rings. The van der Waals surface area contributed by atoms with Gasteiger partial charge in [-0.05, 0) is 43.1 Å². The molecule has 0 N–H and O–H groups in total. The highest BCUT2D eigenvalue weighted by atomic mass is 19.2. The minimum Gasteiger partial charge on any atom is -0.291 e. The molecule has 2 heterocycles. The summed E-state index contributed by atoms with van der Waals surface area (Å²) in [5.41, 5.74) is 1.78. The van der Waals surface area contributed by atoms with Gasteiger partial charge in [0, 0.05) is 12.7 Å². The summed E-state index contributed by atoms with van der Waals surface area (Å²) in [6, 6.07) is 6.25. The van der Waals surface area contributed by atoms with Crippen molar-refractivity contribution in [1.29, 1.82) is 0 Å². The standard InChI is InChI=1S/C16H17F2N3/c17-13-5-4-12(9-14(13)18)10-21-8-2-1-3-16(21)15-6-7-19-11-20-15/h4-7,9,11,16H,1-3,8,10H2/t16-/m0/s1. The smallest absolute Gasteiger partial charge is 0.159 e. The van der Waals surface area contributed by atoms with Gasteiger partial charge >= 0.3 is 0 Å². The lowest BCUT2D eigenvalue weighted by atomic mass is 9.98. The van der Waals surface area contributed by atoms with Crippen molar-refractivity contribution in [1.82, 2.24) is 14.9 Å². The molecule has 5 heteroatoms. The van der Waals surface area contributed by atoms with Crippen molar-refractivity contribution in [3.05, 3.63) is 59.7 Å². The van der Waals surface area contributed by atoms with Crippen LogP contribution in [-0.2, 0) is 6.54 Å². The Kier molecular flexibility index (Phi) is 4.20. The van der Waals surface area contributed by atoms with Gasteiger partial charge in [0.05, 0.1) is 11.7 Å². The van der Waals surface area contributed by atoms with Crippen molar-refractivity contribution in [3.63, 3.8) is 0 Å². The molecule has 0 bridgehead atoms. The molecule has 21 heavy (non-hydrogen) atoms. The lowest BCUT2D eigenvalue weighted by Gasteiger charge is -2.35. The van der Waals surface area contributed by atoms with E-state index in [9.17, 15) is 8.78 Å². The summed E-state index contributed by atoms with van der Waals surface area (Å²) in [7, 11) is 0. The highest BCUT2D eigenvalue weighted by Gasteiger charge is 2.25. The molecule has 0 amide bonds. The Morgan fingerprint density at radius 1 is 1.14 bits per heavy atom. The molecule has 1 atom stereocenters. The van der Waals surface area contributed by atoms with E-state index in [-0.39, 0.29) is 6.04 Å². The molecule has 0 saturated carbocycles. The van der Waals surface area contributed by atoms with Gasteiger partial charge in [0.15, 0.2) is 11.6 Å². The Bertz CT molecular complexity index is 604. The van der Waals surface area contributed by atoms with E-state index in [0.717, 1.165) is 37.1 Å². The van der Waals surface area contributed by atoms with E-state index in [1.165, 1.54) is 12.1 Å². The number of halogens is 2. The van der Waals surface area contributed by atoms with Crippen molar-refractivity contribution in [2.45, 2.75) is 31.8 Å². The fraction of sp³-hybridized carbons (Fsp3) is 0.375. The SMILES string of the molecule is Fc1ccc(CN2CCCC[C@H]2c2ccncn2)cc1F. The van der Waals surface area contributed by atoms with Crippen LogP contribution in [0.5, 0.6) is 0 Å². The van der Waals surface area contributed by atoms with Crippen LogP contribution in [0.4, 0.5) is 8.78 Å². The second-order valence-electron chi connectivity index (χ2n) is 5.36. The molecule has 0 aliphatic carbocycles. The van der Waals surface area contributed by atoms with Gasteiger partial charge in [0.2, 0.25) is 0 Å². The third-order valence-corrected chi connectivity index (χ3v) is 3.93. The van der Waals surface area contributed by atoms with Crippen molar-refractivity contribution >= 4 is 0 Å². The lowest BCUT2D eigenvalue weighted by molar-refractivity contribution is 0.137. The van der Waals surface area contributed by atoms with Gasteiger partial charge in [-0.3, -0.25) is 4.90 Å². The number of hydrogen-bond donors (Lipinski definition) is 0. The van der Waals surface area contributed by atoms with Crippen molar-refractivity contribution in [3.8, 4) is 0 Å². The molecule has 0 radical (unpaired) electrons. The summed E-state index contributed by atoms with van der Waals surface area (Å²) in [6.07, 6.45) is 6.60. The van der Waals surface area contributed by atoms with Crippen LogP contribution in [0.15, 0.2) is 36.8 Å². The van der Waals surface area contributed by atoms with Gasteiger partial charge in [-0.1, -0.05) is 12.5 Å². The zero-order chi connectivity index (χ0) is 14.7. The summed E-state index contributed by atoms with van der Waals surface area (Å²) >= 11 is 0. The first kappa shape index (κ1) is 14.1. The largest absolute Gasteiger partial charge is 0.291 e. The van der Waals surface area contributed by atoms with E-state index in [2.05, 4.69) is 14.9 Å². The Labute approximate surface area is 122 Å². The van der Waals surface area contributed by atoms with E-state index in [0.29, 0.717) is 6.54 Å². The van der Waals surface area contributed by atoms with Crippen molar-refractivity contribution in [2.75, 3.05) is 6.54 Å². The van der Waals surface area contributed by atoms with E-state index in [1.54, 1.807) is 18.6 Å². The van der Waals surface area contributed by atoms with Crippen LogP contribution in [0.1, 0.15) is 36.6 Å². The van der Waals surface area contributed by atoms with Crippen LogP contribution in [0, 0.1) is 11.6 Å². The van der Waals surface area contributed by atoms with Crippen molar-refractivity contribution in [2.24, 2.45) is 0 Å². The van der Waals surface area contributed by atoms with Gasteiger partial charge < -0.3 is 0 Å². The van der Waals surface area contributed by atoms with E-state index in [1.807, 2.05) is 6.07 Å². The number of piperidine rings is 1. The zero-order valence-electron chi connectivity index (χ0n) is 11.7. The molecule has 2 aromatic rings. The maximum atomic E-state index is 13.3. The molecule has 1 aromatic carbocycles. The summed E-state index contributed by atoms with van der Waals surface area (Å²) in [5, 5.41) is 0. The number of nitrogens with zero attached hydrogens (tertiary/aromatic N) is 3. The van der Waals surface area contributed by atoms with Gasteiger partial charge in [-0.15, -0.1) is 0 Å². The second kappa shape index (κ2) is 6.26. The van der Waals surface area contributed by atoms with E-state index < -0.39 is 11.6 Å². The quantitative estimate of drug-likeness (QED) is 0.866. The van der Waals surface area contributed by atoms with E-state index in [4.69, 9.17) is 0 Å². The Morgan fingerprint density at radius 3 is 2.81 bits per heavy atom. The number of benzene rings is 1. The summed E-state index contributed by atoms with van der Waals surface area (Å²) in [5.74, 6) is -1.59. The Balaban J connectivity index is 1.79. The molecule has 3 nitrogen and oxygen atoms in total. The predicted octanol–water partition coefficient (Wildman–Crippen LogP) is 3.48. The minimum atomic E-state index is -0.801. The first-order valence-corrected chi connectivity index (χ1v) is 7.18. The highest BCUT2D eigenvalue weighted by molar-refractivity contribution is 5.18. The van der Waals surface area contributed by atoms with Crippen LogP contribution in [0.3, 0.4) is 0 Å². The van der Waals surface area contributed by atoms with Crippen LogP contribution in [-0.4, -0.2) is 21.4 Å². The maximum Gasteiger partial charge on any atom is 0.159 e. The first-order valence-electron chi connectivity index (χ1n) is 7.18. The summed E-state index contributed by atoms with van der Waals surface area (Å²) in [4.78, 5) is 10.6. The normalized spacial score (nSPS) is 19.6. The van der Waals surface area contributed by atoms with Gasteiger partial charge in [-0.25, -0.2) is 18.7 Å². The van der Waals surface area contributed by atoms with Crippen LogP contribution < -0.4 is 0 Å². The summed E-state index contributed by atoms with van der Waals surface area (Å²) < 4.78 is 26.4. The van der Waals surface area contributed by atoms with Gasteiger partial charge in [0.1, 0.15) is 6.33 Å². The highest BCUT2D eigenvalue weighted by Crippen LogP contribution is 2.30. The molecule has 3 rings (SSSR count). The number of hydrogen-bond acceptors (Lipinski definition) is 3. The molecular weight excluding hydrogens is 272 g/mol. The molecule has 1 saturated heterocycles. The Hall–Kier alpha value is -1.88. The molecule has 1 aliphatic rings. The van der Waals surface area contributed by atoms with Crippen LogP contribution in [0.2, 0.25) is 0 Å². The molecule has 110 valence electrons. The topological polar surface area (TPSA) is 29.0 Å². The zero-order valence-corrected chi connectivity index (χ0v) is 11.7. The van der Waals surface area contributed by atoms with Crippen LogP contribution in [0.25, 0.3) is 0 Å². The monoisotopic (exact) mass is 289 g/mol. The predicted molar refractivity (Wildman–Crippen MR) is 75.4 cm³/mol. The first-order chi connectivity index (χ1) is 10.2. The fourth-order valence-corrected chi connectivity index (χ4v) is 2.89. The van der Waals surface area contributed by atoms with E-state index >= 15 is 0 Å². The summed E-state index contributed by atoms with van der Waals surface area (Å²) in [6.45, 7) is 1.54. The van der Waals surface area contributed by atoms with Gasteiger partial charge in [-0.2, -0.15) is 0 Å². The molecule has 0 spiro atoms. The fourth-order valence-electron chi connectivity index (χ4n) is 2.89. The molecule has 1 aliphatic heterocycles. The van der Waals surface area contributed by atoms with Gasteiger partial charge in [0.25, 0.3) is 0 Å². The Morgan fingerprint density at radius 2 is 2.05 bits per heavy atom. The molecule has 1 aromatic heterocycles. The molecule has 0 unspecified atom stereocenters. The number of likely N-dealkylation sites (tertiary alicyclic amines) is 1. The number of rotatable bonds is 3. The number of aromatic nitrogens is 2. The van der Waals surface area contributed by atoms with Crippen LogP contribution >= 0.6 is 0 Å². The average Bonchev–Trinajstić information content (AvgIpc) is 2.52. The second-order valence-corrected chi connectivity index (χ2v) is 5.36. The maximum absolute atomic E-state index is 13.3.